The summed E-state index contributed by atoms with van der Waals surface area (Å²) in [5.74, 6) is 1.02. The molecule has 1 aromatic carbocycles. The summed E-state index contributed by atoms with van der Waals surface area (Å²) in [5, 5.41) is 0. The molecule has 5 heteroatoms. The smallest absolute Gasteiger partial charge is 0.128 e. The summed E-state index contributed by atoms with van der Waals surface area (Å²) in [7, 11) is 0. The minimum atomic E-state index is 0.239. The Morgan fingerprint density at radius 3 is 2.26 bits per heavy atom. The summed E-state index contributed by atoms with van der Waals surface area (Å²) in [6, 6.07) is 8.90. The molecule has 34 heavy (non-hydrogen) atoms. The predicted molar refractivity (Wildman–Crippen MR) is 140 cm³/mol. The van der Waals surface area contributed by atoms with Crippen LogP contribution in [-0.2, 0) is 24.1 Å². The van der Waals surface area contributed by atoms with Gasteiger partial charge in [-0.05, 0) is 57.7 Å². The van der Waals surface area contributed by atoms with Crippen LogP contribution in [0.5, 0.6) is 5.75 Å². The summed E-state index contributed by atoms with van der Waals surface area (Å²) >= 11 is 0. The molecule has 3 atom stereocenters. The summed E-state index contributed by atoms with van der Waals surface area (Å²) in [6.45, 7) is 19.1. The largest absolute Gasteiger partial charge is 0.489 e. The Labute approximate surface area is 206 Å². The van der Waals surface area contributed by atoms with Gasteiger partial charge in [-0.25, -0.2) is 0 Å². The van der Waals surface area contributed by atoms with E-state index in [1.165, 1.54) is 22.3 Å². The van der Waals surface area contributed by atoms with Gasteiger partial charge in [-0.3, -0.25) is 14.8 Å². The molecule has 2 aliphatic heterocycles. The highest BCUT2D eigenvalue weighted by molar-refractivity contribution is 5.70. The number of nitrogens with zero attached hydrogens (tertiary/aromatic N) is 3. The minimum absolute atomic E-state index is 0.239. The third-order valence-electron chi connectivity index (χ3n) is 7.39. The van der Waals surface area contributed by atoms with Crippen LogP contribution in [-0.4, -0.2) is 65.8 Å². The Bertz CT molecular complexity index is 944. The lowest BCUT2D eigenvalue weighted by Crippen LogP contribution is -2.45. The zero-order chi connectivity index (χ0) is 24.2. The normalized spacial score (nSPS) is 24.0. The van der Waals surface area contributed by atoms with Crippen molar-refractivity contribution in [3.8, 4) is 17.0 Å². The highest BCUT2D eigenvalue weighted by Crippen LogP contribution is 2.35. The van der Waals surface area contributed by atoms with Crippen LogP contribution in [0, 0.1) is 6.92 Å². The van der Waals surface area contributed by atoms with E-state index in [4.69, 9.17) is 14.5 Å². The Hall–Kier alpha value is -1.95. The molecular weight excluding hydrogens is 422 g/mol. The molecule has 186 valence electrons. The summed E-state index contributed by atoms with van der Waals surface area (Å²) in [4.78, 5) is 10.2. The van der Waals surface area contributed by atoms with Crippen LogP contribution in [0.3, 0.4) is 0 Å². The molecular formula is C29H43N3O2. The maximum absolute atomic E-state index is 6.78. The van der Waals surface area contributed by atoms with Crippen molar-refractivity contribution in [1.29, 1.82) is 0 Å². The molecule has 0 N–H and O–H groups in total. The highest BCUT2D eigenvalue weighted by atomic mass is 16.5. The monoisotopic (exact) mass is 465 g/mol. The molecule has 2 aliphatic rings. The van der Waals surface area contributed by atoms with Crippen molar-refractivity contribution < 1.29 is 9.47 Å². The molecule has 0 radical (unpaired) electrons. The first-order valence-corrected chi connectivity index (χ1v) is 13.3. The van der Waals surface area contributed by atoms with Crippen molar-refractivity contribution in [1.82, 2.24) is 14.8 Å². The lowest BCUT2D eigenvalue weighted by atomic mass is 9.94. The SMILES string of the molecule is CCc1cccc(CC)c1-c1cc(OC2CCN(CC)C2)c(CN2C[C@@H](C)O[C@H](C)C2)c(C)n1. The van der Waals surface area contributed by atoms with Crippen LogP contribution in [0.25, 0.3) is 11.3 Å². The molecule has 3 heterocycles. The average molecular weight is 466 g/mol. The molecule has 2 aromatic rings. The van der Waals surface area contributed by atoms with E-state index in [-0.39, 0.29) is 18.3 Å². The third kappa shape index (κ3) is 5.64. The van der Waals surface area contributed by atoms with Crippen molar-refractivity contribution in [3.63, 3.8) is 0 Å². The van der Waals surface area contributed by atoms with Gasteiger partial charge < -0.3 is 9.47 Å². The van der Waals surface area contributed by atoms with E-state index < -0.39 is 0 Å². The second kappa shape index (κ2) is 11.2. The molecule has 2 fully saturated rings. The van der Waals surface area contributed by atoms with E-state index in [2.05, 4.69) is 75.6 Å². The zero-order valence-corrected chi connectivity index (χ0v) is 22.1. The van der Waals surface area contributed by atoms with E-state index in [9.17, 15) is 0 Å². The fraction of sp³-hybridized carbons (Fsp3) is 0.621. The molecule has 0 saturated carbocycles. The van der Waals surface area contributed by atoms with E-state index in [0.717, 1.165) is 75.7 Å². The van der Waals surface area contributed by atoms with Gasteiger partial charge in [0.2, 0.25) is 0 Å². The lowest BCUT2D eigenvalue weighted by molar-refractivity contribution is -0.0707. The second-order valence-electron chi connectivity index (χ2n) is 10.1. The topological polar surface area (TPSA) is 37.8 Å². The van der Waals surface area contributed by atoms with Gasteiger partial charge in [0.1, 0.15) is 11.9 Å². The van der Waals surface area contributed by atoms with Gasteiger partial charge in [-0.1, -0.05) is 39.0 Å². The summed E-state index contributed by atoms with van der Waals surface area (Å²) < 4.78 is 12.8. The molecule has 5 nitrogen and oxygen atoms in total. The number of hydrogen-bond acceptors (Lipinski definition) is 5. The van der Waals surface area contributed by atoms with Crippen LogP contribution < -0.4 is 4.74 Å². The number of hydrogen-bond donors (Lipinski definition) is 0. The molecule has 2 saturated heterocycles. The molecule has 1 aromatic heterocycles. The van der Waals surface area contributed by atoms with E-state index in [0.29, 0.717) is 0 Å². The lowest BCUT2D eigenvalue weighted by Gasteiger charge is -2.36. The standard InChI is InChI=1S/C29H43N3O2/c1-7-23-11-10-12-24(8-2)29(23)27-15-28(34-25-13-14-31(9-3)18-25)26(22(6)30-27)19-32-16-20(4)33-21(5)17-32/h10-12,15,20-21,25H,7-9,13-14,16-19H2,1-6H3/t20-,21-,25?/m1/s1. The van der Waals surface area contributed by atoms with E-state index in [1.54, 1.807) is 0 Å². The van der Waals surface area contributed by atoms with Gasteiger partial charge in [-0.15, -0.1) is 0 Å². The Morgan fingerprint density at radius 2 is 1.68 bits per heavy atom. The third-order valence-corrected chi connectivity index (χ3v) is 7.39. The number of rotatable bonds is 8. The predicted octanol–water partition coefficient (Wildman–Crippen LogP) is 5.26. The van der Waals surface area contributed by atoms with E-state index in [1.807, 2.05) is 0 Å². The van der Waals surface area contributed by atoms with Gasteiger partial charge in [0.05, 0.1) is 17.9 Å². The number of pyridine rings is 1. The van der Waals surface area contributed by atoms with E-state index >= 15 is 0 Å². The Morgan fingerprint density at radius 1 is 1.00 bits per heavy atom. The fourth-order valence-electron chi connectivity index (χ4n) is 5.66. The first kappa shape index (κ1) is 25.2. The quantitative estimate of drug-likeness (QED) is 0.531. The molecule has 0 aliphatic carbocycles. The van der Waals surface area contributed by atoms with Gasteiger partial charge in [0, 0.05) is 55.6 Å². The number of morpholine rings is 1. The van der Waals surface area contributed by atoms with Gasteiger partial charge in [0.15, 0.2) is 0 Å². The number of likely N-dealkylation sites (N-methyl/N-ethyl adjacent to an activating group) is 1. The van der Waals surface area contributed by atoms with Crippen molar-refractivity contribution >= 4 is 0 Å². The fourth-order valence-corrected chi connectivity index (χ4v) is 5.66. The highest BCUT2D eigenvalue weighted by Gasteiger charge is 2.28. The number of aromatic nitrogens is 1. The van der Waals surface area contributed by atoms with Gasteiger partial charge >= 0.3 is 0 Å². The summed E-state index contributed by atoms with van der Waals surface area (Å²) in [6.07, 6.45) is 3.82. The van der Waals surface area contributed by atoms with Crippen molar-refractivity contribution in [2.75, 3.05) is 32.7 Å². The Balaban J connectivity index is 1.73. The molecule has 0 amide bonds. The number of ether oxygens (including phenoxy) is 2. The van der Waals surface area contributed by atoms with Crippen LogP contribution in [0.1, 0.15) is 63.4 Å². The summed E-state index contributed by atoms with van der Waals surface area (Å²) in [5.41, 5.74) is 7.38. The van der Waals surface area contributed by atoms with Crippen LogP contribution >= 0.6 is 0 Å². The van der Waals surface area contributed by atoms with Crippen LogP contribution in [0.4, 0.5) is 0 Å². The van der Waals surface area contributed by atoms with Crippen molar-refractivity contribution in [3.05, 3.63) is 46.6 Å². The molecule has 1 unspecified atom stereocenters. The Kier molecular flexibility index (Phi) is 8.28. The molecule has 0 spiro atoms. The van der Waals surface area contributed by atoms with Crippen molar-refractivity contribution in [2.45, 2.75) is 85.7 Å². The maximum atomic E-state index is 6.78. The number of likely N-dealkylation sites (tertiary alicyclic amines) is 1. The minimum Gasteiger partial charge on any atom is -0.489 e. The average Bonchev–Trinajstić information content (AvgIpc) is 3.27. The molecule has 0 bridgehead atoms. The number of benzene rings is 1. The second-order valence-corrected chi connectivity index (χ2v) is 10.1. The molecule has 4 rings (SSSR count). The number of aryl methyl sites for hydroxylation is 3. The maximum Gasteiger partial charge on any atom is 0.128 e. The van der Waals surface area contributed by atoms with Crippen LogP contribution in [0.2, 0.25) is 0 Å². The van der Waals surface area contributed by atoms with Gasteiger partial charge in [0.25, 0.3) is 0 Å². The van der Waals surface area contributed by atoms with Gasteiger partial charge in [-0.2, -0.15) is 0 Å². The van der Waals surface area contributed by atoms with Crippen molar-refractivity contribution in [2.24, 2.45) is 0 Å². The first-order valence-electron chi connectivity index (χ1n) is 13.3. The zero-order valence-electron chi connectivity index (χ0n) is 22.1. The first-order chi connectivity index (χ1) is 16.4. The van der Waals surface area contributed by atoms with Crippen LogP contribution in [0.15, 0.2) is 24.3 Å².